The summed E-state index contributed by atoms with van der Waals surface area (Å²) in [6.07, 6.45) is 0. The molecule has 4 heteroatoms. The zero-order valence-electron chi connectivity index (χ0n) is 8.66. The number of anilines is 1. The highest BCUT2D eigenvalue weighted by atomic mass is 35.5. The third-order valence-corrected chi connectivity index (χ3v) is 3.30. The molecule has 0 spiro atoms. The van der Waals surface area contributed by atoms with Gasteiger partial charge in [-0.15, -0.1) is 11.3 Å². The van der Waals surface area contributed by atoms with E-state index >= 15 is 0 Å². The molecule has 0 unspecified atom stereocenters. The van der Waals surface area contributed by atoms with E-state index in [1.54, 1.807) is 12.1 Å². The summed E-state index contributed by atoms with van der Waals surface area (Å²) in [6.45, 7) is 1.98. The van der Waals surface area contributed by atoms with Crippen LogP contribution in [0.3, 0.4) is 0 Å². The summed E-state index contributed by atoms with van der Waals surface area (Å²) in [5, 5.41) is 2.83. The van der Waals surface area contributed by atoms with Crippen molar-refractivity contribution < 1.29 is 4.79 Å². The van der Waals surface area contributed by atoms with E-state index in [-0.39, 0.29) is 5.91 Å². The third kappa shape index (κ3) is 2.62. The van der Waals surface area contributed by atoms with Crippen molar-refractivity contribution in [3.63, 3.8) is 0 Å². The summed E-state index contributed by atoms with van der Waals surface area (Å²) >= 11 is 7.04. The lowest BCUT2D eigenvalue weighted by molar-refractivity contribution is 0.103. The van der Waals surface area contributed by atoms with Crippen molar-refractivity contribution in [3.05, 3.63) is 51.2 Å². The highest BCUT2D eigenvalue weighted by Gasteiger charge is 2.08. The van der Waals surface area contributed by atoms with Gasteiger partial charge < -0.3 is 5.32 Å². The van der Waals surface area contributed by atoms with Crippen LogP contribution in [-0.2, 0) is 0 Å². The number of amides is 1. The number of hydrogen-bond acceptors (Lipinski definition) is 2. The van der Waals surface area contributed by atoms with Crippen LogP contribution < -0.4 is 5.32 Å². The SMILES string of the molecule is Cc1cccc(NC(=O)c2ccc(Cl)s2)c1. The van der Waals surface area contributed by atoms with Gasteiger partial charge >= 0.3 is 0 Å². The molecule has 1 aromatic carbocycles. The molecule has 2 nitrogen and oxygen atoms in total. The molecule has 0 radical (unpaired) electrons. The summed E-state index contributed by atoms with van der Waals surface area (Å²) in [5.41, 5.74) is 1.91. The zero-order chi connectivity index (χ0) is 11.5. The molecule has 0 saturated heterocycles. The van der Waals surface area contributed by atoms with Crippen LogP contribution >= 0.6 is 22.9 Å². The Bertz CT molecular complexity index is 521. The Hall–Kier alpha value is -1.32. The molecule has 0 aliphatic rings. The van der Waals surface area contributed by atoms with Crippen LogP contribution in [0.15, 0.2) is 36.4 Å². The van der Waals surface area contributed by atoms with Crippen LogP contribution in [0, 0.1) is 6.92 Å². The molecule has 0 saturated carbocycles. The molecule has 0 bridgehead atoms. The van der Waals surface area contributed by atoms with Gasteiger partial charge in [-0.1, -0.05) is 23.7 Å². The van der Waals surface area contributed by atoms with Gasteiger partial charge in [0, 0.05) is 5.69 Å². The predicted molar refractivity (Wildman–Crippen MR) is 68.5 cm³/mol. The van der Waals surface area contributed by atoms with Crippen LogP contribution in [0.25, 0.3) is 0 Å². The van der Waals surface area contributed by atoms with Crippen molar-refractivity contribution in [1.82, 2.24) is 0 Å². The van der Waals surface area contributed by atoms with E-state index in [9.17, 15) is 4.79 Å². The fourth-order valence-electron chi connectivity index (χ4n) is 1.35. The second-order valence-corrected chi connectivity index (χ2v) is 5.14. The summed E-state index contributed by atoms with van der Waals surface area (Å²) in [4.78, 5) is 12.4. The molecule has 2 aromatic rings. The second-order valence-electron chi connectivity index (χ2n) is 3.43. The van der Waals surface area contributed by atoms with Gasteiger partial charge in [-0.3, -0.25) is 4.79 Å². The molecule has 1 N–H and O–H groups in total. The molecule has 0 fully saturated rings. The molecule has 2 rings (SSSR count). The van der Waals surface area contributed by atoms with Crippen molar-refractivity contribution in [1.29, 1.82) is 0 Å². The van der Waals surface area contributed by atoms with Crippen molar-refractivity contribution in [3.8, 4) is 0 Å². The zero-order valence-corrected chi connectivity index (χ0v) is 10.2. The predicted octanol–water partition coefficient (Wildman–Crippen LogP) is 3.96. The Morgan fingerprint density at radius 3 is 2.75 bits per heavy atom. The molecule has 0 atom stereocenters. The lowest BCUT2D eigenvalue weighted by Crippen LogP contribution is -2.09. The molecular formula is C12H10ClNOS. The minimum Gasteiger partial charge on any atom is -0.321 e. The Labute approximate surface area is 103 Å². The topological polar surface area (TPSA) is 29.1 Å². The Kier molecular flexibility index (Phi) is 3.27. The van der Waals surface area contributed by atoms with Crippen LogP contribution in [0.5, 0.6) is 0 Å². The number of carbonyl (C=O) groups excluding carboxylic acids is 1. The van der Waals surface area contributed by atoms with Gasteiger partial charge in [0.1, 0.15) is 0 Å². The first-order valence-corrected chi connectivity index (χ1v) is 5.98. The number of benzene rings is 1. The van der Waals surface area contributed by atoms with Crippen molar-refractivity contribution >= 4 is 34.5 Å². The second kappa shape index (κ2) is 4.68. The first-order chi connectivity index (χ1) is 7.65. The van der Waals surface area contributed by atoms with Crippen LogP contribution in [0.1, 0.15) is 15.2 Å². The van der Waals surface area contributed by atoms with Crippen molar-refractivity contribution in [2.75, 3.05) is 5.32 Å². The van der Waals surface area contributed by atoms with Gasteiger partial charge in [0.25, 0.3) is 5.91 Å². The van der Waals surface area contributed by atoms with E-state index in [0.717, 1.165) is 11.3 Å². The van der Waals surface area contributed by atoms with E-state index < -0.39 is 0 Å². The lowest BCUT2D eigenvalue weighted by atomic mass is 10.2. The minimum absolute atomic E-state index is 0.123. The number of nitrogens with one attached hydrogen (secondary N) is 1. The maximum atomic E-state index is 11.8. The maximum absolute atomic E-state index is 11.8. The Balaban J connectivity index is 2.13. The molecule has 1 aromatic heterocycles. The van der Waals surface area contributed by atoms with Crippen LogP contribution in [-0.4, -0.2) is 5.91 Å². The fourth-order valence-corrected chi connectivity index (χ4v) is 2.29. The third-order valence-electron chi connectivity index (χ3n) is 2.07. The maximum Gasteiger partial charge on any atom is 0.265 e. The summed E-state index contributed by atoms with van der Waals surface area (Å²) in [7, 11) is 0. The fraction of sp³-hybridized carbons (Fsp3) is 0.0833. The number of halogens is 1. The molecule has 82 valence electrons. The summed E-state index contributed by atoms with van der Waals surface area (Å²) < 4.78 is 0.620. The highest BCUT2D eigenvalue weighted by molar-refractivity contribution is 7.18. The van der Waals surface area contributed by atoms with E-state index in [4.69, 9.17) is 11.6 Å². The monoisotopic (exact) mass is 251 g/mol. The number of aryl methyl sites for hydroxylation is 1. The Morgan fingerprint density at radius 1 is 1.31 bits per heavy atom. The van der Waals surface area contributed by atoms with E-state index in [1.807, 2.05) is 31.2 Å². The average Bonchev–Trinajstić information content (AvgIpc) is 2.65. The first kappa shape index (κ1) is 11.2. The van der Waals surface area contributed by atoms with E-state index in [1.165, 1.54) is 11.3 Å². The van der Waals surface area contributed by atoms with Gasteiger partial charge in [-0.25, -0.2) is 0 Å². The minimum atomic E-state index is -0.123. The molecule has 1 heterocycles. The molecule has 0 aliphatic heterocycles. The van der Waals surface area contributed by atoms with Crippen LogP contribution in [0.4, 0.5) is 5.69 Å². The van der Waals surface area contributed by atoms with E-state index in [2.05, 4.69) is 5.32 Å². The quantitative estimate of drug-likeness (QED) is 0.860. The van der Waals surface area contributed by atoms with Gasteiger partial charge in [0.15, 0.2) is 0 Å². The Morgan fingerprint density at radius 2 is 2.12 bits per heavy atom. The largest absolute Gasteiger partial charge is 0.321 e. The van der Waals surface area contributed by atoms with Crippen molar-refractivity contribution in [2.24, 2.45) is 0 Å². The number of thiophene rings is 1. The highest BCUT2D eigenvalue weighted by Crippen LogP contribution is 2.22. The number of carbonyl (C=O) groups is 1. The van der Waals surface area contributed by atoms with Crippen LogP contribution in [0.2, 0.25) is 4.34 Å². The summed E-state index contributed by atoms with van der Waals surface area (Å²) in [5.74, 6) is -0.123. The van der Waals surface area contributed by atoms with Gasteiger partial charge in [0.05, 0.1) is 9.21 Å². The van der Waals surface area contributed by atoms with Gasteiger partial charge in [0.2, 0.25) is 0 Å². The molecular weight excluding hydrogens is 242 g/mol. The van der Waals surface area contributed by atoms with E-state index in [0.29, 0.717) is 9.21 Å². The average molecular weight is 252 g/mol. The molecule has 16 heavy (non-hydrogen) atoms. The number of hydrogen-bond donors (Lipinski definition) is 1. The van der Waals surface area contributed by atoms with Gasteiger partial charge in [-0.05, 0) is 36.8 Å². The summed E-state index contributed by atoms with van der Waals surface area (Å²) in [6, 6.07) is 11.1. The first-order valence-electron chi connectivity index (χ1n) is 4.78. The molecule has 1 amide bonds. The standard InChI is InChI=1S/C12H10ClNOS/c1-8-3-2-4-9(7-8)14-12(15)10-5-6-11(13)16-10/h2-7H,1H3,(H,14,15). The smallest absolute Gasteiger partial charge is 0.265 e. The lowest BCUT2D eigenvalue weighted by Gasteiger charge is -2.03. The van der Waals surface area contributed by atoms with Crippen molar-refractivity contribution in [2.45, 2.75) is 6.92 Å². The number of rotatable bonds is 2. The van der Waals surface area contributed by atoms with Gasteiger partial charge in [-0.2, -0.15) is 0 Å². The normalized spacial score (nSPS) is 10.1. The molecule has 0 aliphatic carbocycles.